The largest absolute Gasteiger partial charge is 0.329 e. The van der Waals surface area contributed by atoms with Crippen LogP contribution in [0, 0.1) is 0 Å². The Balaban J connectivity index is 1.40. The number of imidazole rings is 1. The minimum absolute atomic E-state index is 0.640. The molecule has 4 rings (SSSR count). The van der Waals surface area contributed by atoms with Gasteiger partial charge in [-0.2, -0.15) is 0 Å². The van der Waals surface area contributed by atoms with Crippen molar-refractivity contribution in [1.29, 1.82) is 0 Å². The van der Waals surface area contributed by atoms with E-state index >= 15 is 0 Å². The zero-order chi connectivity index (χ0) is 18.3. The van der Waals surface area contributed by atoms with Crippen LogP contribution in [0.3, 0.4) is 0 Å². The van der Waals surface area contributed by atoms with Crippen molar-refractivity contribution in [2.45, 2.75) is 51.2 Å². The maximum atomic E-state index is 4.49. The van der Waals surface area contributed by atoms with Gasteiger partial charge in [-0.15, -0.1) is 0 Å². The Bertz CT molecular complexity index is 813. The van der Waals surface area contributed by atoms with Crippen LogP contribution >= 0.6 is 0 Å². The Labute approximate surface area is 161 Å². The molecule has 3 aromatic rings. The van der Waals surface area contributed by atoms with Crippen molar-refractivity contribution in [3.05, 3.63) is 84.2 Å². The van der Waals surface area contributed by atoms with Crippen molar-refractivity contribution >= 4 is 0 Å². The first kappa shape index (κ1) is 17.9. The van der Waals surface area contributed by atoms with E-state index in [1.807, 2.05) is 24.8 Å². The molecule has 0 spiro atoms. The zero-order valence-corrected chi connectivity index (χ0v) is 15.9. The molecule has 0 saturated carbocycles. The molecule has 4 heteroatoms. The van der Waals surface area contributed by atoms with Gasteiger partial charge in [-0.25, -0.2) is 4.98 Å². The summed E-state index contributed by atoms with van der Waals surface area (Å²) in [5, 5.41) is 0. The Morgan fingerprint density at radius 1 is 0.963 bits per heavy atom. The second-order valence-electron chi connectivity index (χ2n) is 7.48. The number of piperidine rings is 1. The molecule has 1 atom stereocenters. The minimum Gasteiger partial charge on any atom is -0.329 e. The molecule has 140 valence electrons. The van der Waals surface area contributed by atoms with E-state index in [1.54, 1.807) is 0 Å². The third-order valence-electron chi connectivity index (χ3n) is 5.57. The summed E-state index contributed by atoms with van der Waals surface area (Å²) >= 11 is 0. The van der Waals surface area contributed by atoms with Crippen LogP contribution in [0.15, 0.2) is 67.3 Å². The highest BCUT2D eigenvalue weighted by Gasteiger charge is 2.23. The Morgan fingerprint density at radius 3 is 2.70 bits per heavy atom. The first-order valence-electron chi connectivity index (χ1n) is 10.1. The van der Waals surface area contributed by atoms with Gasteiger partial charge in [0.1, 0.15) is 0 Å². The molecule has 1 aromatic carbocycles. The number of pyridine rings is 1. The molecule has 1 fully saturated rings. The van der Waals surface area contributed by atoms with E-state index in [4.69, 9.17) is 0 Å². The summed E-state index contributed by atoms with van der Waals surface area (Å²) in [4.78, 5) is 11.6. The van der Waals surface area contributed by atoms with Crippen molar-refractivity contribution in [2.75, 3.05) is 6.54 Å². The van der Waals surface area contributed by atoms with Crippen LogP contribution in [0.1, 0.15) is 42.6 Å². The van der Waals surface area contributed by atoms with E-state index in [-0.39, 0.29) is 0 Å². The number of hydrogen-bond donors (Lipinski definition) is 0. The smallest absolute Gasteiger partial charge is 0.0951 e. The fourth-order valence-electron chi connectivity index (χ4n) is 4.07. The summed E-state index contributed by atoms with van der Waals surface area (Å²) in [6.07, 6.45) is 12.1. The minimum atomic E-state index is 0.640. The van der Waals surface area contributed by atoms with Gasteiger partial charge in [-0.05, 0) is 49.9 Å². The summed E-state index contributed by atoms with van der Waals surface area (Å²) < 4.78 is 2.29. The van der Waals surface area contributed by atoms with Gasteiger partial charge < -0.3 is 4.57 Å². The van der Waals surface area contributed by atoms with E-state index in [9.17, 15) is 0 Å². The molecule has 0 aliphatic carbocycles. The monoisotopic (exact) mass is 360 g/mol. The van der Waals surface area contributed by atoms with Crippen LogP contribution < -0.4 is 0 Å². The molecular formula is C23H28N4. The van der Waals surface area contributed by atoms with Crippen molar-refractivity contribution in [1.82, 2.24) is 19.4 Å². The lowest BCUT2D eigenvalue weighted by Gasteiger charge is -2.36. The van der Waals surface area contributed by atoms with E-state index in [0.29, 0.717) is 6.04 Å². The second kappa shape index (κ2) is 8.96. The number of aryl methyl sites for hydroxylation is 1. The highest BCUT2D eigenvalue weighted by Crippen LogP contribution is 2.23. The third kappa shape index (κ3) is 4.83. The maximum absolute atomic E-state index is 4.49. The lowest BCUT2D eigenvalue weighted by molar-refractivity contribution is 0.129. The molecule has 27 heavy (non-hydrogen) atoms. The Morgan fingerprint density at radius 2 is 1.85 bits per heavy atom. The zero-order valence-electron chi connectivity index (χ0n) is 15.9. The van der Waals surface area contributed by atoms with Gasteiger partial charge in [0.25, 0.3) is 0 Å². The number of likely N-dealkylation sites (tertiary alicyclic amines) is 1. The maximum Gasteiger partial charge on any atom is 0.0951 e. The van der Waals surface area contributed by atoms with Gasteiger partial charge in [-0.3, -0.25) is 9.88 Å². The fraction of sp³-hybridized carbons (Fsp3) is 0.391. The number of hydrogen-bond acceptors (Lipinski definition) is 3. The lowest BCUT2D eigenvalue weighted by atomic mass is 9.97. The van der Waals surface area contributed by atoms with Crippen molar-refractivity contribution < 1.29 is 0 Å². The van der Waals surface area contributed by atoms with E-state index < -0.39 is 0 Å². The highest BCUT2D eigenvalue weighted by atomic mass is 15.2. The van der Waals surface area contributed by atoms with Crippen LogP contribution in [-0.4, -0.2) is 32.0 Å². The van der Waals surface area contributed by atoms with Crippen LogP contribution in [-0.2, 0) is 19.5 Å². The molecule has 1 aliphatic rings. The summed E-state index contributed by atoms with van der Waals surface area (Å²) in [7, 11) is 0. The molecule has 1 saturated heterocycles. The summed E-state index contributed by atoms with van der Waals surface area (Å²) in [6.45, 7) is 3.06. The SMILES string of the molecule is c1ccc(Cn2cncc2CN2CCCCC2CCc2ccccn2)cc1. The normalized spacial score (nSPS) is 17.9. The van der Waals surface area contributed by atoms with Gasteiger partial charge in [0.15, 0.2) is 0 Å². The van der Waals surface area contributed by atoms with Crippen LogP contribution in [0.2, 0.25) is 0 Å². The predicted octanol–water partition coefficient (Wildman–Crippen LogP) is 4.31. The van der Waals surface area contributed by atoms with Gasteiger partial charge >= 0.3 is 0 Å². The third-order valence-corrected chi connectivity index (χ3v) is 5.57. The predicted molar refractivity (Wildman–Crippen MR) is 108 cm³/mol. The summed E-state index contributed by atoms with van der Waals surface area (Å²) in [5.41, 5.74) is 3.84. The standard InChI is InChI=1S/C23H28N4/c1-2-8-20(9-3-1)17-27-19-24-16-23(27)18-26-15-7-5-11-22(26)13-12-21-10-4-6-14-25-21/h1-4,6,8-10,14,16,19,22H,5,7,11-13,15,17-18H2. The van der Waals surface area contributed by atoms with Crippen LogP contribution in [0.5, 0.6) is 0 Å². The van der Waals surface area contributed by atoms with Gasteiger partial charge in [-0.1, -0.05) is 42.8 Å². The molecule has 0 bridgehead atoms. The van der Waals surface area contributed by atoms with Crippen molar-refractivity contribution in [3.63, 3.8) is 0 Å². The quantitative estimate of drug-likeness (QED) is 0.629. The van der Waals surface area contributed by atoms with E-state index in [0.717, 1.165) is 19.5 Å². The van der Waals surface area contributed by atoms with Crippen LogP contribution in [0.25, 0.3) is 0 Å². The van der Waals surface area contributed by atoms with Crippen molar-refractivity contribution in [3.8, 4) is 0 Å². The first-order chi connectivity index (χ1) is 13.4. The molecule has 1 aliphatic heterocycles. The molecule has 3 heterocycles. The Hall–Kier alpha value is -2.46. The van der Waals surface area contributed by atoms with E-state index in [2.05, 4.69) is 61.9 Å². The number of aromatic nitrogens is 3. The number of rotatable bonds is 7. The number of benzene rings is 1. The topological polar surface area (TPSA) is 34.0 Å². The molecule has 0 amide bonds. The molecular weight excluding hydrogens is 332 g/mol. The summed E-state index contributed by atoms with van der Waals surface area (Å²) in [5.74, 6) is 0. The summed E-state index contributed by atoms with van der Waals surface area (Å²) in [6, 6.07) is 17.5. The fourth-order valence-corrected chi connectivity index (χ4v) is 4.07. The molecule has 1 unspecified atom stereocenters. The Kier molecular flexibility index (Phi) is 5.95. The molecule has 4 nitrogen and oxygen atoms in total. The highest BCUT2D eigenvalue weighted by molar-refractivity contribution is 5.16. The lowest BCUT2D eigenvalue weighted by Crippen LogP contribution is -2.39. The van der Waals surface area contributed by atoms with Crippen LogP contribution in [0.4, 0.5) is 0 Å². The first-order valence-corrected chi connectivity index (χ1v) is 10.1. The molecule has 0 N–H and O–H groups in total. The average Bonchev–Trinajstić information content (AvgIpc) is 3.15. The van der Waals surface area contributed by atoms with Gasteiger partial charge in [0.2, 0.25) is 0 Å². The molecule has 0 radical (unpaired) electrons. The van der Waals surface area contributed by atoms with Gasteiger partial charge in [0.05, 0.1) is 12.0 Å². The van der Waals surface area contributed by atoms with Gasteiger partial charge in [0, 0.05) is 37.2 Å². The second-order valence-corrected chi connectivity index (χ2v) is 7.48. The van der Waals surface area contributed by atoms with E-state index in [1.165, 1.54) is 49.2 Å². The van der Waals surface area contributed by atoms with Crippen molar-refractivity contribution in [2.24, 2.45) is 0 Å². The number of nitrogens with zero attached hydrogens (tertiary/aromatic N) is 4. The molecule has 2 aromatic heterocycles. The average molecular weight is 361 g/mol.